The lowest BCUT2D eigenvalue weighted by Crippen LogP contribution is -2.57. The van der Waals surface area contributed by atoms with Gasteiger partial charge >= 0.3 is 0 Å². The first-order valence-electron chi connectivity index (χ1n) is 17.1. The Bertz CT molecular complexity index is 1840. The van der Waals surface area contributed by atoms with Crippen molar-refractivity contribution in [3.8, 4) is 5.75 Å². The summed E-state index contributed by atoms with van der Waals surface area (Å²) in [4.78, 5) is 47.1. The van der Waals surface area contributed by atoms with Crippen LogP contribution >= 0.6 is 0 Å². The maximum absolute atomic E-state index is 14.5. The normalized spacial score (nSPS) is 15.6. The second kappa shape index (κ2) is 16.8. The Balaban J connectivity index is 1.41. The van der Waals surface area contributed by atoms with Crippen LogP contribution in [0, 0.1) is 13.8 Å². The fraction of sp³-hybridized carbons (Fsp3) is 0.300. The van der Waals surface area contributed by atoms with Crippen LogP contribution in [-0.4, -0.2) is 64.4 Å². The Morgan fingerprint density at radius 3 is 1.92 bits per heavy atom. The number of phenolic OH excluding ortho intramolecular Hbond substituents is 1. The van der Waals surface area contributed by atoms with E-state index in [0.29, 0.717) is 19.4 Å². The highest BCUT2D eigenvalue weighted by Gasteiger charge is 2.35. The number of nitrogens with one attached hydrogen (secondary N) is 2. The van der Waals surface area contributed by atoms with Gasteiger partial charge in [-0.25, -0.2) is 4.99 Å². The van der Waals surface area contributed by atoms with Crippen molar-refractivity contribution in [1.82, 2.24) is 15.5 Å². The average molecular weight is 690 g/mol. The molecule has 11 nitrogen and oxygen atoms in total. The van der Waals surface area contributed by atoms with Crippen molar-refractivity contribution in [2.45, 2.75) is 70.2 Å². The van der Waals surface area contributed by atoms with Gasteiger partial charge in [-0.15, -0.1) is 0 Å². The standard InChI is InChI=1S/C40H47N7O4/c1-25-17-32(48)18-26(2)33(25)22-36(46-40(42)43)39(51)47-24-30-16-10-9-15-29(30)21-31(47)23-44-35(20-28-13-7-4-8-14-28)38(50)45-34(37(41)49)19-27-11-5-3-6-12-27/h3-18,31,34-36,44,48H,19-24H2,1-2H3,(H2,41,49)(H,45,50)(H4,42,43,46)/t31-,34-,35-,36-/m0/s1. The van der Waals surface area contributed by atoms with Gasteiger partial charge in [0, 0.05) is 32.0 Å². The number of rotatable bonds is 14. The van der Waals surface area contributed by atoms with Crippen molar-refractivity contribution in [3.63, 3.8) is 0 Å². The summed E-state index contributed by atoms with van der Waals surface area (Å²) in [5, 5.41) is 16.4. The van der Waals surface area contributed by atoms with Gasteiger partial charge in [-0.05, 0) is 77.8 Å². The lowest BCUT2D eigenvalue weighted by atomic mass is 9.91. The molecule has 1 aliphatic rings. The third kappa shape index (κ3) is 9.73. The lowest BCUT2D eigenvalue weighted by molar-refractivity contribution is -0.136. The van der Waals surface area contributed by atoms with Crippen LogP contribution in [0.15, 0.2) is 102 Å². The molecule has 11 heteroatoms. The number of benzene rings is 4. The molecule has 0 bridgehead atoms. The minimum Gasteiger partial charge on any atom is -0.508 e. The van der Waals surface area contributed by atoms with E-state index in [0.717, 1.165) is 38.9 Å². The van der Waals surface area contributed by atoms with Crippen molar-refractivity contribution in [3.05, 3.63) is 136 Å². The van der Waals surface area contributed by atoms with Crippen LogP contribution < -0.4 is 27.8 Å². The predicted octanol–water partition coefficient (Wildman–Crippen LogP) is 2.56. The molecule has 0 saturated carbocycles. The first-order valence-corrected chi connectivity index (χ1v) is 17.1. The minimum atomic E-state index is -0.914. The molecule has 4 aromatic carbocycles. The Hall–Kier alpha value is -5.68. The molecule has 0 aromatic heterocycles. The monoisotopic (exact) mass is 689 g/mol. The molecular formula is C40H47N7O4. The SMILES string of the molecule is Cc1cc(O)cc(C)c1C[C@H](N=C(N)N)C(=O)N1Cc2ccccc2C[C@H]1CN[C@@H](Cc1ccccc1)C(=O)N[C@@H](Cc1ccccc1)C(N)=O. The van der Waals surface area contributed by atoms with Crippen LogP contribution in [0.3, 0.4) is 0 Å². The van der Waals surface area contributed by atoms with E-state index >= 15 is 0 Å². The maximum atomic E-state index is 14.5. The number of amides is 3. The molecule has 51 heavy (non-hydrogen) atoms. The molecule has 0 radical (unpaired) electrons. The van der Waals surface area contributed by atoms with Crippen LogP contribution in [-0.2, 0) is 46.6 Å². The summed E-state index contributed by atoms with van der Waals surface area (Å²) >= 11 is 0. The zero-order valence-electron chi connectivity index (χ0n) is 29.1. The second-order valence-corrected chi connectivity index (χ2v) is 13.2. The molecular weight excluding hydrogens is 642 g/mol. The Kier molecular flexibility index (Phi) is 12.1. The van der Waals surface area contributed by atoms with Crippen LogP contribution in [0.2, 0.25) is 0 Å². The van der Waals surface area contributed by atoms with Crippen LogP contribution in [0.1, 0.15) is 38.9 Å². The number of phenols is 1. The number of nitrogens with zero attached hydrogens (tertiary/aromatic N) is 2. The first kappa shape index (κ1) is 36.6. The summed E-state index contributed by atoms with van der Waals surface area (Å²) in [7, 11) is 0. The van der Waals surface area contributed by atoms with Gasteiger partial charge < -0.3 is 37.8 Å². The molecule has 4 atom stereocenters. The number of aliphatic imine (C=N–C) groups is 1. The second-order valence-electron chi connectivity index (χ2n) is 13.2. The van der Waals surface area contributed by atoms with Crippen LogP contribution in [0.4, 0.5) is 0 Å². The van der Waals surface area contributed by atoms with Gasteiger partial charge in [0.15, 0.2) is 5.96 Å². The summed E-state index contributed by atoms with van der Waals surface area (Å²) in [6.07, 6.45) is 1.38. The van der Waals surface area contributed by atoms with Crippen LogP contribution in [0.25, 0.3) is 0 Å². The molecule has 0 aliphatic carbocycles. The van der Waals surface area contributed by atoms with Crippen molar-refractivity contribution >= 4 is 23.7 Å². The number of guanidine groups is 1. The van der Waals surface area contributed by atoms with Crippen molar-refractivity contribution in [2.24, 2.45) is 22.2 Å². The van der Waals surface area contributed by atoms with E-state index in [4.69, 9.17) is 17.2 Å². The number of carbonyl (C=O) groups excluding carboxylic acids is 3. The molecule has 5 rings (SSSR count). The van der Waals surface area contributed by atoms with Gasteiger partial charge in [0.1, 0.15) is 17.8 Å². The number of aromatic hydroxyl groups is 1. The summed E-state index contributed by atoms with van der Waals surface area (Å²) in [6.45, 7) is 4.37. The molecule has 1 aliphatic heterocycles. The number of fused-ring (bicyclic) bond motifs is 1. The summed E-state index contributed by atoms with van der Waals surface area (Å²) in [6, 6.07) is 27.4. The number of carbonyl (C=O) groups is 3. The number of hydrogen-bond donors (Lipinski definition) is 6. The van der Waals surface area contributed by atoms with Gasteiger partial charge in [-0.2, -0.15) is 0 Å². The molecule has 4 aromatic rings. The van der Waals surface area contributed by atoms with E-state index in [2.05, 4.69) is 21.7 Å². The van der Waals surface area contributed by atoms with E-state index in [1.54, 1.807) is 17.0 Å². The Labute approximate surface area is 298 Å². The summed E-state index contributed by atoms with van der Waals surface area (Å²) in [5.41, 5.74) is 24.0. The third-order valence-corrected chi connectivity index (χ3v) is 9.45. The molecule has 3 amide bonds. The van der Waals surface area contributed by atoms with E-state index in [-0.39, 0.29) is 49.0 Å². The number of primary amides is 1. The molecule has 0 saturated heterocycles. The predicted molar refractivity (Wildman–Crippen MR) is 199 cm³/mol. The highest BCUT2D eigenvalue weighted by Crippen LogP contribution is 2.27. The van der Waals surface area contributed by atoms with Gasteiger partial charge in [0.05, 0.1) is 6.04 Å². The highest BCUT2D eigenvalue weighted by molar-refractivity contribution is 5.89. The minimum absolute atomic E-state index is 0.147. The molecule has 1 heterocycles. The van der Waals surface area contributed by atoms with Crippen LogP contribution in [0.5, 0.6) is 5.75 Å². The quantitative estimate of drug-likeness (QED) is 0.0867. The van der Waals surface area contributed by atoms with Gasteiger partial charge in [-0.3, -0.25) is 14.4 Å². The molecule has 0 unspecified atom stereocenters. The van der Waals surface area contributed by atoms with Gasteiger partial charge in [-0.1, -0.05) is 84.9 Å². The van der Waals surface area contributed by atoms with E-state index in [9.17, 15) is 19.5 Å². The topological polar surface area (TPSA) is 189 Å². The molecule has 266 valence electrons. The molecule has 0 spiro atoms. The van der Waals surface area contributed by atoms with Crippen molar-refractivity contribution in [2.75, 3.05) is 6.54 Å². The zero-order chi connectivity index (χ0) is 36.5. The fourth-order valence-corrected chi connectivity index (χ4v) is 6.80. The average Bonchev–Trinajstić information content (AvgIpc) is 3.10. The smallest absolute Gasteiger partial charge is 0.248 e. The maximum Gasteiger partial charge on any atom is 0.248 e. The zero-order valence-corrected chi connectivity index (χ0v) is 29.1. The van der Waals surface area contributed by atoms with Crippen molar-refractivity contribution in [1.29, 1.82) is 0 Å². The van der Waals surface area contributed by atoms with E-state index in [1.807, 2.05) is 92.7 Å². The summed E-state index contributed by atoms with van der Waals surface area (Å²) < 4.78 is 0. The van der Waals surface area contributed by atoms with Crippen molar-refractivity contribution < 1.29 is 19.5 Å². The summed E-state index contributed by atoms with van der Waals surface area (Å²) in [5.74, 6) is -1.31. The van der Waals surface area contributed by atoms with Gasteiger partial charge in [0.25, 0.3) is 0 Å². The third-order valence-electron chi connectivity index (χ3n) is 9.45. The number of aryl methyl sites for hydroxylation is 2. The van der Waals surface area contributed by atoms with E-state index in [1.165, 1.54) is 0 Å². The lowest BCUT2D eigenvalue weighted by Gasteiger charge is -2.39. The highest BCUT2D eigenvalue weighted by atomic mass is 16.3. The Morgan fingerprint density at radius 2 is 1.35 bits per heavy atom. The van der Waals surface area contributed by atoms with Gasteiger partial charge in [0.2, 0.25) is 17.7 Å². The number of hydrogen-bond acceptors (Lipinski definition) is 6. The molecule has 9 N–H and O–H groups in total. The number of nitrogens with two attached hydrogens (primary N) is 3. The fourth-order valence-electron chi connectivity index (χ4n) is 6.80. The Morgan fingerprint density at radius 1 is 0.804 bits per heavy atom. The van der Waals surface area contributed by atoms with E-state index < -0.39 is 24.0 Å². The largest absolute Gasteiger partial charge is 0.508 e. The molecule has 0 fully saturated rings. The first-order chi connectivity index (χ1) is 24.5.